The number of halogens is 2. The van der Waals surface area contributed by atoms with E-state index in [1.54, 1.807) is 22.7 Å². The number of nitrogens with zero attached hydrogens (tertiary/aromatic N) is 4. The largest absolute Gasteiger partial charge is 0.282 e. The van der Waals surface area contributed by atoms with Crippen molar-refractivity contribution in [3.05, 3.63) is 53.7 Å². The lowest BCUT2D eigenvalue weighted by Gasteiger charge is -2.01. The molecular weight excluding hydrogens is 250 g/mol. The van der Waals surface area contributed by atoms with Gasteiger partial charge >= 0.3 is 0 Å². The Morgan fingerprint density at radius 3 is 2.47 bits per heavy atom. The Kier molecular flexibility index (Phi) is 2.46. The van der Waals surface area contributed by atoms with E-state index in [9.17, 15) is 8.78 Å². The van der Waals surface area contributed by atoms with Crippen molar-refractivity contribution >= 4 is 5.65 Å². The van der Waals surface area contributed by atoms with Crippen LogP contribution in [0.15, 0.2) is 36.5 Å². The fourth-order valence-corrected chi connectivity index (χ4v) is 1.84. The highest BCUT2D eigenvalue weighted by molar-refractivity contribution is 5.60. The van der Waals surface area contributed by atoms with Crippen LogP contribution in [0.4, 0.5) is 8.78 Å². The second-order valence-electron chi connectivity index (χ2n) is 3.94. The van der Waals surface area contributed by atoms with E-state index in [1.807, 2.05) is 6.07 Å². The maximum atomic E-state index is 13.2. The molecule has 0 saturated heterocycles. The lowest BCUT2D eigenvalue weighted by Crippen LogP contribution is -1.91. The molecule has 0 fully saturated rings. The van der Waals surface area contributed by atoms with Crippen molar-refractivity contribution in [2.45, 2.75) is 0 Å². The minimum Gasteiger partial charge on any atom is -0.282 e. The second-order valence-corrected chi connectivity index (χ2v) is 3.94. The SMILES string of the molecule is N#Cc1ccn2c(-c3cc(F)cc(F)c3)nnc2c1. The Bertz CT molecular complexity index is 797. The maximum Gasteiger partial charge on any atom is 0.168 e. The zero-order valence-corrected chi connectivity index (χ0v) is 9.51. The van der Waals surface area contributed by atoms with E-state index >= 15 is 0 Å². The van der Waals surface area contributed by atoms with Crippen molar-refractivity contribution in [2.75, 3.05) is 0 Å². The van der Waals surface area contributed by atoms with E-state index in [0.717, 1.165) is 6.07 Å². The molecule has 0 amide bonds. The van der Waals surface area contributed by atoms with Crippen LogP contribution in [-0.4, -0.2) is 14.6 Å². The molecule has 6 heteroatoms. The lowest BCUT2D eigenvalue weighted by molar-refractivity contribution is 0.584. The molecule has 0 saturated carbocycles. The van der Waals surface area contributed by atoms with Crippen molar-refractivity contribution < 1.29 is 8.78 Å². The van der Waals surface area contributed by atoms with Crippen LogP contribution in [0.2, 0.25) is 0 Å². The van der Waals surface area contributed by atoms with Gasteiger partial charge in [-0.05, 0) is 18.2 Å². The third kappa shape index (κ3) is 1.91. The molecule has 0 aliphatic heterocycles. The van der Waals surface area contributed by atoms with E-state index in [1.165, 1.54) is 12.1 Å². The summed E-state index contributed by atoms with van der Waals surface area (Å²) in [4.78, 5) is 0. The zero-order valence-electron chi connectivity index (χ0n) is 9.51. The van der Waals surface area contributed by atoms with Crippen LogP contribution in [0.1, 0.15) is 5.56 Å². The summed E-state index contributed by atoms with van der Waals surface area (Å²) in [5.41, 5.74) is 1.17. The van der Waals surface area contributed by atoms with Gasteiger partial charge in [0, 0.05) is 23.9 Å². The van der Waals surface area contributed by atoms with E-state index in [4.69, 9.17) is 5.26 Å². The lowest BCUT2D eigenvalue weighted by atomic mass is 10.2. The third-order valence-electron chi connectivity index (χ3n) is 2.66. The van der Waals surface area contributed by atoms with Crippen LogP contribution >= 0.6 is 0 Å². The van der Waals surface area contributed by atoms with Crippen LogP contribution in [0, 0.1) is 23.0 Å². The average molecular weight is 256 g/mol. The van der Waals surface area contributed by atoms with Gasteiger partial charge < -0.3 is 0 Å². The molecule has 0 aliphatic carbocycles. The van der Waals surface area contributed by atoms with E-state index < -0.39 is 11.6 Å². The first-order valence-electron chi connectivity index (χ1n) is 5.39. The number of rotatable bonds is 1. The van der Waals surface area contributed by atoms with Gasteiger partial charge in [0.05, 0.1) is 11.6 Å². The standard InChI is InChI=1S/C13H6F2N4/c14-10-4-9(5-11(15)6-10)13-18-17-12-3-8(7-16)1-2-19(12)13/h1-6H. The summed E-state index contributed by atoms with van der Waals surface area (Å²) >= 11 is 0. The van der Waals surface area contributed by atoms with Crippen LogP contribution < -0.4 is 0 Å². The quantitative estimate of drug-likeness (QED) is 0.672. The number of hydrogen-bond donors (Lipinski definition) is 0. The van der Waals surface area contributed by atoms with Crippen LogP contribution in [0.25, 0.3) is 17.0 Å². The van der Waals surface area contributed by atoms with Gasteiger partial charge in [0.1, 0.15) is 11.6 Å². The summed E-state index contributed by atoms with van der Waals surface area (Å²) in [5.74, 6) is -1.04. The molecule has 0 unspecified atom stereocenters. The molecule has 0 aliphatic rings. The van der Waals surface area contributed by atoms with E-state index in [2.05, 4.69) is 10.2 Å². The Morgan fingerprint density at radius 2 is 1.79 bits per heavy atom. The van der Waals surface area contributed by atoms with Crippen LogP contribution in [0.3, 0.4) is 0 Å². The predicted molar refractivity (Wildman–Crippen MR) is 63.1 cm³/mol. The highest BCUT2D eigenvalue weighted by Crippen LogP contribution is 2.21. The highest BCUT2D eigenvalue weighted by atomic mass is 19.1. The van der Waals surface area contributed by atoms with Crippen molar-refractivity contribution in [3.63, 3.8) is 0 Å². The van der Waals surface area contributed by atoms with Crippen molar-refractivity contribution in [2.24, 2.45) is 0 Å². The Hall–Kier alpha value is -2.81. The summed E-state index contributed by atoms with van der Waals surface area (Å²) in [6, 6.07) is 8.26. The molecular formula is C13H6F2N4. The summed E-state index contributed by atoms with van der Waals surface area (Å²) in [7, 11) is 0. The minimum absolute atomic E-state index is 0.287. The molecule has 2 aromatic heterocycles. The van der Waals surface area contributed by atoms with Crippen molar-refractivity contribution in [3.8, 4) is 17.5 Å². The molecule has 3 aromatic rings. The summed E-state index contributed by atoms with van der Waals surface area (Å²) in [6.07, 6.45) is 1.59. The topological polar surface area (TPSA) is 54.0 Å². The molecule has 3 rings (SSSR count). The predicted octanol–water partition coefficient (Wildman–Crippen LogP) is 2.55. The molecule has 0 spiro atoms. The smallest absolute Gasteiger partial charge is 0.168 e. The molecule has 2 heterocycles. The fourth-order valence-electron chi connectivity index (χ4n) is 1.84. The number of hydrogen-bond acceptors (Lipinski definition) is 3. The molecule has 0 atom stereocenters. The van der Waals surface area contributed by atoms with Crippen LogP contribution in [0.5, 0.6) is 0 Å². The molecule has 4 nitrogen and oxygen atoms in total. The third-order valence-corrected chi connectivity index (χ3v) is 2.66. The maximum absolute atomic E-state index is 13.2. The first kappa shape index (κ1) is 11.3. The van der Waals surface area contributed by atoms with Crippen molar-refractivity contribution in [1.82, 2.24) is 14.6 Å². The van der Waals surface area contributed by atoms with E-state index in [0.29, 0.717) is 17.0 Å². The highest BCUT2D eigenvalue weighted by Gasteiger charge is 2.10. The second kappa shape index (κ2) is 4.14. The Balaban J connectivity index is 2.23. The normalized spacial score (nSPS) is 10.6. The molecule has 0 radical (unpaired) electrons. The molecule has 92 valence electrons. The number of nitriles is 1. The number of aromatic nitrogens is 3. The molecule has 0 bridgehead atoms. The van der Waals surface area contributed by atoms with Gasteiger partial charge in [0.15, 0.2) is 11.5 Å². The Morgan fingerprint density at radius 1 is 1.05 bits per heavy atom. The summed E-state index contributed by atoms with van der Waals surface area (Å²) in [5, 5.41) is 16.6. The van der Waals surface area contributed by atoms with Gasteiger partial charge in [-0.1, -0.05) is 0 Å². The minimum atomic E-state index is -0.680. The van der Waals surface area contributed by atoms with Gasteiger partial charge in [0.2, 0.25) is 0 Å². The van der Waals surface area contributed by atoms with Gasteiger partial charge in [-0.2, -0.15) is 5.26 Å². The monoisotopic (exact) mass is 256 g/mol. The zero-order chi connectivity index (χ0) is 13.4. The molecule has 1 aromatic carbocycles. The first-order chi connectivity index (χ1) is 9.17. The average Bonchev–Trinajstić information content (AvgIpc) is 2.80. The van der Waals surface area contributed by atoms with Gasteiger partial charge in [0.25, 0.3) is 0 Å². The first-order valence-corrected chi connectivity index (χ1v) is 5.39. The van der Waals surface area contributed by atoms with Crippen molar-refractivity contribution in [1.29, 1.82) is 5.26 Å². The summed E-state index contributed by atoms with van der Waals surface area (Å²) in [6.45, 7) is 0. The summed E-state index contributed by atoms with van der Waals surface area (Å²) < 4.78 is 28.0. The van der Waals surface area contributed by atoms with E-state index in [-0.39, 0.29) is 5.56 Å². The van der Waals surface area contributed by atoms with Crippen LogP contribution in [-0.2, 0) is 0 Å². The molecule has 0 N–H and O–H groups in total. The number of pyridine rings is 1. The number of fused-ring (bicyclic) bond motifs is 1. The van der Waals surface area contributed by atoms with Gasteiger partial charge in [-0.15, -0.1) is 10.2 Å². The van der Waals surface area contributed by atoms with Gasteiger partial charge in [-0.25, -0.2) is 8.78 Å². The van der Waals surface area contributed by atoms with Gasteiger partial charge in [-0.3, -0.25) is 4.40 Å². The fraction of sp³-hybridized carbons (Fsp3) is 0. The number of benzene rings is 1. The molecule has 19 heavy (non-hydrogen) atoms. The Labute approximate surface area is 106 Å².